The molecular formula is C13H24N2O3. The third kappa shape index (κ3) is 3.43. The van der Waals surface area contributed by atoms with Gasteiger partial charge in [0.1, 0.15) is 0 Å². The number of hydrogen-bond acceptors (Lipinski definition) is 4. The number of ether oxygens (including phenoxy) is 2. The molecule has 2 saturated heterocycles. The molecule has 2 aliphatic rings. The minimum atomic E-state index is -0.343. The van der Waals surface area contributed by atoms with Crippen LogP contribution in [0.25, 0.3) is 0 Å². The summed E-state index contributed by atoms with van der Waals surface area (Å²) in [7, 11) is 3.61. The van der Waals surface area contributed by atoms with E-state index in [1.54, 1.807) is 19.0 Å². The Hall–Kier alpha value is -0.650. The molecule has 2 aliphatic heterocycles. The average molecular weight is 256 g/mol. The van der Waals surface area contributed by atoms with Crippen LogP contribution >= 0.6 is 0 Å². The highest BCUT2D eigenvalue weighted by Gasteiger charge is 2.40. The normalized spacial score (nSPS) is 23.4. The summed E-state index contributed by atoms with van der Waals surface area (Å²) in [6, 6.07) is 0. The van der Waals surface area contributed by atoms with Gasteiger partial charge >= 0.3 is 0 Å². The van der Waals surface area contributed by atoms with Crippen molar-refractivity contribution < 1.29 is 14.3 Å². The second-order valence-corrected chi connectivity index (χ2v) is 5.38. The SMILES string of the molecule is CN(C)C(=O)CCCN1CCCC2(C1)OCCO2. The summed E-state index contributed by atoms with van der Waals surface area (Å²) in [6.45, 7) is 4.32. The minimum Gasteiger partial charge on any atom is -0.349 e. The fourth-order valence-corrected chi connectivity index (χ4v) is 2.67. The molecular weight excluding hydrogens is 232 g/mol. The van der Waals surface area contributed by atoms with Crippen molar-refractivity contribution in [1.29, 1.82) is 0 Å². The van der Waals surface area contributed by atoms with Crippen LogP contribution in [0.1, 0.15) is 25.7 Å². The molecule has 5 heteroatoms. The predicted molar refractivity (Wildman–Crippen MR) is 68.2 cm³/mol. The summed E-state index contributed by atoms with van der Waals surface area (Å²) < 4.78 is 11.5. The first-order valence-electron chi connectivity index (χ1n) is 6.82. The number of rotatable bonds is 4. The van der Waals surface area contributed by atoms with Gasteiger partial charge in [0.15, 0.2) is 5.79 Å². The van der Waals surface area contributed by atoms with Gasteiger partial charge < -0.3 is 14.4 Å². The third-order valence-corrected chi connectivity index (χ3v) is 3.67. The average Bonchev–Trinajstić information content (AvgIpc) is 2.77. The van der Waals surface area contributed by atoms with Gasteiger partial charge in [0.25, 0.3) is 0 Å². The van der Waals surface area contributed by atoms with Crippen LogP contribution < -0.4 is 0 Å². The maximum absolute atomic E-state index is 11.5. The zero-order valence-electron chi connectivity index (χ0n) is 11.5. The summed E-state index contributed by atoms with van der Waals surface area (Å²) >= 11 is 0. The number of likely N-dealkylation sites (tertiary alicyclic amines) is 1. The summed E-state index contributed by atoms with van der Waals surface area (Å²) in [6.07, 6.45) is 3.65. The number of carbonyl (C=O) groups excluding carboxylic acids is 1. The molecule has 0 atom stereocenters. The van der Waals surface area contributed by atoms with Crippen LogP contribution in [0.4, 0.5) is 0 Å². The van der Waals surface area contributed by atoms with E-state index < -0.39 is 0 Å². The van der Waals surface area contributed by atoms with Crippen molar-refractivity contribution in [1.82, 2.24) is 9.80 Å². The van der Waals surface area contributed by atoms with Crippen LogP contribution in [-0.4, -0.2) is 68.4 Å². The fourth-order valence-electron chi connectivity index (χ4n) is 2.67. The summed E-state index contributed by atoms with van der Waals surface area (Å²) in [4.78, 5) is 15.5. The second kappa shape index (κ2) is 5.99. The van der Waals surface area contributed by atoms with E-state index in [1.165, 1.54) is 0 Å². The highest BCUT2D eigenvalue weighted by molar-refractivity contribution is 5.75. The maximum atomic E-state index is 11.5. The molecule has 0 N–H and O–H groups in total. The molecule has 2 rings (SSSR count). The van der Waals surface area contributed by atoms with E-state index in [4.69, 9.17) is 9.47 Å². The van der Waals surface area contributed by atoms with Crippen molar-refractivity contribution in [3.05, 3.63) is 0 Å². The monoisotopic (exact) mass is 256 g/mol. The van der Waals surface area contributed by atoms with Crippen molar-refractivity contribution >= 4 is 5.91 Å². The Labute approximate surface area is 109 Å². The molecule has 1 amide bonds. The molecule has 18 heavy (non-hydrogen) atoms. The molecule has 0 unspecified atom stereocenters. The first-order valence-corrected chi connectivity index (χ1v) is 6.82. The van der Waals surface area contributed by atoms with Gasteiger partial charge in [-0.1, -0.05) is 0 Å². The van der Waals surface area contributed by atoms with Gasteiger partial charge in [0.2, 0.25) is 5.91 Å². The molecule has 104 valence electrons. The van der Waals surface area contributed by atoms with Crippen molar-refractivity contribution in [2.24, 2.45) is 0 Å². The Balaban J connectivity index is 1.71. The highest BCUT2D eigenvalue weighted by Crippen LogP contribution is 2.30. The van der Waals surface area contributed by atoms with E-state index in [2.05, 4.69) is 4.90 Å². The van der Waals surface area contributed by atoms with Gasteiger partial charge in [0, 0.05) is 26.9 Å². The number of carbonyl (C=O) groups is 1. The van der Waals surface area contributed by atoms with Crippen molar-refractivity contribution in [3.63, 3.8) is 0 Å². The summed E-state index contributed by atoms with van der Waals surface area (Å²) in [5, 5.41) is 0. The van der Waals surface area contributed by atoms with Gasteiger partial charge in [-0.15, -0.1) is 0 Å². The Morgan fingerprint density at radius 2 is 2.06 bits per heavy atom. The molecule has 0 aliphatic carbocycles. The maximum Gasteiger partial charge on any atom is 0.222 e. The lowest BCUT2D eigenvalue weighted by atomic mass is 10.0. The molecule has 2 fully saturated rings. The van der Waals surface area contributed by atoms with Crippen LogP contribution in [0, 0.1) is 0 Å². The summed E-state index contributed by atoms with van der Waals surface area (Å²) in [5.41, 5.74) is 0. The Morgan fingerprint density at radius 1 is 1.33 bits per heavy atom. The lowest BCUT2D eigenvalue weighted by molar-refractivity contribution is -0.189. The number of nitrogens with zero attached hydrogens (tertiary/aromatic N) is 2. The molecule has 0 aromatic rings. The van der Waals surface area contributed by atoms with Gasteiger partial charge in [-0.05, 0) is 25.9 Å². The molecule has 2 heterocycles. The van der Waals surface area contributed by atoms with Gasteiger partial charge in [-0.3, -0.25) is 9.69 Å². The standard InChI is InChI=1S/C13H24N2O3/c1-14(2)12(16)5-3-7-15-8-4-6-13(11-15)17-9-10-18-13/h3-11H2,1-2H3. The quantitative estimate of drug-likeness (QED) is 0.742. The lowest BCUT2D eigenvalue weighted by Crippen LogP contribution is -2.49. The molecule has 1 spiro atoms. The predicted octanol–water partition coefficient (Wildman–Crippen LogP) is 0.694. The van der Waals surface area contributed by atoms with E-state index in [9.17, 15) is 4.79 Å². The largest absolute Gasteiger partial charge is 0.349 e. The highest BCUT2D eigenvalue weighted by atomic mass is 16.7. The second-order valence-electron chi connectivity index (χ2n) is 5.38. The smallest absolute Gasteiger partial charge is 0.222 e. The van der Waals surface area contributed by atoms with Crippen LogP contribution in [0.5, 0.6) is 0 Å². The number of hydrogen-bond donors (Lipinski definition) is 0. The van der Waals surface area contributed by atoms with E-state index in [0.29, 0.717) is 19.6 Å². The van der Waals surface area contributed by atoms with Crippen LogP contribution in [-0.2, 0) is 14.3 Å². The topological polar surface area (TPSA) is 42.0 Å². The van der Waals surface area contributed by atoms with Gasteiger partial charge in [-0.2, -0.15) is 0 Å². The van der Waals surface area contributed by atoms with Crippen molar-refractivity contribution in [2.75, 3.05) is 46.9 Å². The lowest BCUT2D eigenvalue weighted by Gasteiger charge is -2.38. The zero-order chi connectivity index (χ0) is 13.0. The Bertz CT molecular complexity index is 288. The number of piperidine rings is 1. The molecule has 0 saturated carbocycles. The minimum absolute atomic E-state index is 0.204. The van der Waals surface area contributed by atoms with E-state index in [-0.39, 0.29) is 11.7 Å². The van der Waals surface area contributed by atoms with E-state index >= 15 is 0 Å². The molecule has 0 aromatic heterocycles. The zero-order valence-corrected chi connectivity index (χ0v) is 11.5. The number of amides is 1. The van der Waals surface area contributed by atoms with E-state index in [0.717, 1.165) is 38.9 Å². The van der Waals surface area contributed by atoms with Crippen LogP contribution in [0.2, 0.25) is 0 Å². The van der Waals surface area contributed by atoms with Gasteiger partial charge in [-0.25, -0.2) is 0 Å². The van der Waals surface area contributed by atoms with Crippen molar-refractivity contribution in [3.8, 4) is 0 Å². The van der Waals surface area contributed by atoms with Crippen LogP contribution in [0.3, 0.4) is 0 Å². The molecule has 5 nitrogen and oxygen atoms in total. The van der Waals surface area contributed by atoms with Crippen LogP contribution in [0.15, 0.2) is 0 Å². The Kier molecular flexibility index (Phi) is 4.59. The third-order valence-electron chi connectivity index (χ3n) is 3.67. The van der Waals surface area contributed by atoms with E-state index in [1.807, 2.05) is 0 Å². The first-order chi connectivity index (χ1) is 8.61. The Morgan fingerprint density at radius 3 is 2.72 bits per heavy atom. The van der Waals surface area contributed by atoms with Gasteiger partial charge in [0.05, 0.1) is 19.8 Å². The molecule has 0 bridgehead atoms. The first kappa shape index (κ1) is 13.8. The fraction of sp³-hybridized carbons (Fsp3) is 0.923. The summed E-state index contributed by atoms with van der Waals surface area (Å²) in [5.74, 6) is -0.140. The molecule has 0 radical (unpaired) electrons. The van der Waals surface area contributed by atoms with Crippen molar-refractivity contribution in [2.45, 2.75) is 31.5 Å². The molecule has 0 aromatic carbocycles.